The maximum Gasteiger partial charge on any atom is 0.240 e. The van der Waals surface area contributed by atoms with Crippen molar-refractivity contribution in [1.29, 1.82) is 0 Å². The molecular formula is C13H15BrN2O2S. The van der Waals surface area contributed by atoms with Crippen molar-refractivity contribution >= 4 is 26.0 Å². The quantitative estimate of drug-likeness (QED) is 0.928. The van der Waals surface area contributed by atoms with Gasteiger partial charge in [-0.05, 0) is 43.3 Å². The second-order valence-corrected chi connectivity index (χ2v) is 6.99. The molecule has 0 aliphatic carbocycles. The van der Waals surface area contributed by atoms with Crippen molar-refractivity contribution in [2.45, 2.75) is 18.4 Å². The van der Waals surface area contributed by atoms with E-state index >= 15 is 0 Å². The molecule has 0 radical (unpaired) electrons. The van der Waals surface area contributed by atoms with E-state index in [1.807, 2.05) is 30.7 Å². The molecule has 102 valence electrons. The van der Waals surface area contributed by atoms with Gasteiger partial charge in [-0.25, -0.2) is 13.1 Å². The molecule has 0 saturated heterocycles. The number of hydrogen-bond donors (Lipinski definition) is 1. The average molecular weight is 343 g/mol. The van der Waals surface area contributed by atoms with Crippen LogP contribution < -0.4 is 4.72 Å². The van der Waals surface area contributed by atoms with Gasteiger partial charge in [0, 0.05) is 22.9 Å². The Morgan fingerprint density at radius 2 is 1.79 bits per heavy atom. The molecule has 4 nitrogen and oxygen atoms in total. The van der Waals surface area contributed by atoms with Crippen LogP contribution in [0.2, 0.25) is 0 Å². The van der Waals surface area contributed by atoms with Gasteiger partial charge >= 0.3 is 0 Å². The molecule has 1 aromatic carbocycles. The molecule has 0 spiro atoms. The summed E-state index contributed by atoms with van der Waals surface area (Å²) in [7, 11) is -1.55. The third-order valence-electron chi connectivity index (χ3n) is 3.04. The zero-order chi connectivity index (χ0) is 14.0. The van der Waals surface area contributed by atoms with Crippen molar-refractivity contribution in [3.05, 3.63) is 52.3 Å². The minimum absolute atomic E-state index is 0.265. The van der Waals surface area contributed by atoms with Crippen molar-refractivity contribution in [2.24, 2.45) is 7.05 Å². The van der Waals surface area contributed by atoms with Crippen LogP contribution in [0, 0.1) is 6.92 Å². The Morgan fingerprint density at radius 1 is 1.16 bits per heavy atom. The van der Waals surface area contributed by atoms with Crippen molar-refractivity contribution in [1.82, 2.24) is 9.29 Å². The van der Waals surface area contributed by atoms with Gasteiger partial charge in [0.05, 0.1) is 11.4 Å². The second-order valence-electron chi connectivity index (χ2n) is 4.30. The molecule has 1 heterocycles. The van der Waals surface area contributed by atoms with Crippen molar-refractivity contribution < 1.29 is 8.42 Å². The van der Waals surface area contributed by atoms with E-state index in [9.17, 15) is 8.42 Å². The van der Waals surface area contributed by atoms with Gasteiger partial charge in [-0.15, -0.1) is 0 Å². The molecule has 0 aliphatic heterocycles. The van der Waals surface area contributed by atoms with Crippen LogP contribution in [-0.2, 0) is 23.6 Å². The third kappa shape index (κ3) is 3.26. The van der Waals surface area contributed by atoms with Crippen LogP contribution in [0.4, 0.5) is 0 Å². The average Bonchev–Trinajstić information content (AvgIpc) is 2.68. The van der Waals surface area contributed by atoms with Crippen LogP contribution in [0.15, 0.2) is 45.8 Å². The summed E-state index contributed by atoms with van der Waals surface area (Å²) in [5.41, 5.74) is 2.02. The molecule has 0 fully saturated rings. The smallest absolute Gasteiger partial charge is 0.240 e. The number of aromatic nitrogens is 1. The van der Waals surface area contributed by atoms with E-state index in [2.05, 4.69) is 20.7 Å². The zero-order valence-electron chi connectivity index (χ0n) is 10.7. The number of rotatable bonds is 4. The molecule has 0 aliphatic rings. The molecular weight excluding hydrogens is 328 g/mol. The Morgan fingerprint density at radius 3 is 2.32 bits per heavy atom. The molecule has 19 heavy (non-hydrogen) atoms. The van der Waals surface area contributed by atoms with Gasteiger partial charge in [0.25, 0.3) is 0 Å². The predicted octanol–water partition coefficient (Wildman–Crippen LogP) is 2.57. The number of aryl methyl sites for hydroxylation is 1. The summed E-state index contributed by atoms with van der Waals surface area (Å²) in [6.45, 7) is 2.26. The molecule has 0 saturated carbocycles. The minimum atomic E-state index is -3.47. The topological polar surface area (TPSA) is 51.1 Å². The predicted molar refractivity (Wildman–Crippen MR) is 78.3 cm³/mol. The van der Waals surface area contributed by atoms with E-state index in [0.717, 1.165) is 15.9 Å². The van der Waals surface area contributed by atoms with Crippen LogP contribution in [0.1, 0.15) is 11.4 Å². The zero-order valence-corrected chi connectivity index (χ0v) is 13.1. The molecule has 0 bridgehead atoms. The number of benzene rings is 1. The SMILES string of the molecule is Cc1ccc(CNS(=O)(=O)c2ccc(Br)cc2)n1C. The molecule has 1 N–H and O–H groups in total. The van der Waals surface area contributed by atoms with E-state index in [1.54, 1.807) is 24.3 Å². The Balaban J connectivity index is 2.14. The molecule has 2 rings (SSSR count). The van der Waals surface area contributed by atoms with Crippen molar-refractivity contribution in [2.75, 3.05) is 0 Å². The van der Waals surface area contributed by atoms with E-state index in [4.69, 9.17) is 0 Å². The Labute approximate surface area is 121 Å². The summed E-state index contributed by atoms with van der Waals surface area (Å²) in [4.78, 5) is 0.265. The first-order chi connectivity index (χ1) is 8.90. The first-order valence-electron chi connectivity index (χ1n) is 5.76. The number of halogens is 1. The van der Waals surface area contributed by atoms with Gasteiger partial charge in [-0.3, -0.25) is 0 Å². The number of nitrogens with one attached hydrogen (secondary N) is 1. The normalized spacial score (nSPS) is 11.7. The number of hydrogen-bond acceptors (Lipinski definition) is 2. The highest BCUT2D eigenvalue weighted by Crippen LogP contribution is 2.15. The van der Waals surface area contributed by atoms with Crippen LogP contribution in [0.3, 0.4) is 0 Å². The lowest BCUT2D eigenvalue weighted by Crippen LogP contribution is -2.24. The molecule has 2 aromatic rings. The van der Waals surface area contributed by atoms with Gasteiger partial charge in [0.2, 0.25) is 10.0 Å². The fourth-order valence-corrected chi connectivity index (χ4v) is 2.97. The van der Waals surface area contributed by atoms with E-state index in [-0.39, 0.29) is 11.4 Å². The van der Waals surface area contributed by atoms with Crippen LogP contribution in [0.5, 0.6) is 0 Å². The first kappa shape index (κ1) is 14.3. The Hall–Kier alpha value is -1.11. The van der Waals surface area contributed by atoms with Crippen molar-refractivity contribution in [3.8, 4) is 0 Å². The van der Waals surface area contributed by atoms with E-state index < -0.39 is 10.0 Å². The van der Waals surface area contributed by atoms with Gasteiger partial charge in [-0.1, -0.05) is 15.9 Å². The molecule has 0 unspecified atom stereocenters. The first-order valence-corrected chi connectivity index (χ1v) is 8.04. The standard InChI is InChI=1S/C13H15BrN2O2S/c1-10-3-6-12(16(10)2)9-15-19(17,18)13-7-4-11(14)5-8-13/h3-8,15H,9H2,1-2H3. The summed E-state index contributed by atoms with van der Waals surface area (Å²) < 4.78 is 29.6. The van der Waals surface area contributed by atoms with E-state index in [1.165, 1.54) is 0 Å². The molecule has 6 heteroatoms. The lowest BCUT2D eigenvalue weighted by molar-refractivity contribution is 0.579. The Bertz CT molecular complexity index is 675. The fourth-order valence-electron chi connectivity index (χ4n) is 1.71. The molecule has 0 amide bonds. The summed E-state index contributed by atoms with van der Waals surface area (Å²) >= 11 is 3.28. The van der Waals surface area contributed by atoms with Crippen molar-refractivity contribution in [3.63, 3.8) is 0 Å². The third-order valence-corrected chi connectivity index (χ3v) is 4.99. The van der Waals surface area contributed by atoms with Crippen LogP contribution >= 0.6 is 15.9 Å². The summed E-state index contributed by atoms with van der Waals surface area (Å²) in [6.07, 6.45) is 0. The second kappa shape index (κ2) is 5.48. The van der Waals surface area contributed by atoms with Gasteiger partial charge in [0.15, 0.2) is 0 Å². The fraction of sp³-hybridized carbons (Fsp3) is 0.231. The lowest BCUT2D eigenvalue weighted by Gasteiger charge is -2.08. The highest BCUT2D eigenvalue weighted by molar-refractivity contribution is 9.10. The lowest BCUT2D eigenvalue weighted by atomic mass is 10.4. The largest absolute Gasteiger partial charge is 0.351 e. The Kier molecular flexibility index (Phi) is 4.13. The van der Waals surface area contributed by atoms with E-state index in [0.29, 0.717) is 0 Å². The van der Waals surface area contributed by atoms with Gasteiger partial charge in [-0.2, -0.15) is 0 Å². The molecule has 1 aromatic heterocycles. The van der Waals surface area contributed by atoms with Crippen LogP contribution in [-0.4, -0.2) is 13.0 Å². The minimum Gasteiger partial charge on any atom is -0.351 e. The van der Waals surface area contributed by atoms with Gasteiger partial charge < -0.3 is 4.57 Å². The number of nitrogens with zero attached hydrogens (tertiary/aromatic N) is 1. The summed E-state index contributed by atoms with van der Waals surface area (Å²) in [5.74, 6) is 0. The van der Waals surface area contributed by atoms with Crippen LogP contribution in [0.25, 0.3) is 0 Å². The maximum absolute atomic E-state index is 12.1. The van der Waals surface area contributed by atoms with Gasteiger partial charge in [0.1, 0.15) is 0 Å². The highest BCUT2D eigenvalue weighted by atomic mass is 79.9. The molecule has 0 atom stereocenters. The summed E-state index contributed by atoms with van der Waals surface area (Å²) in [5, 5.41) is 0. The highest BCUT2D eigenvalue weighted by Gasteiger charge is 2.14. The maximum atomic E-state index is 12.1. The monoisotopic (exact) mass is 342 g/mol. The number of sulfonamides is 1. The summed E-state index contributed by atoms with van der Waals surface area (Å²) in [6, 6.07) is 10.4.